The Hall–Kier alpha value is -1.66. The highest BCUT2D eigenvalue weighted by Gasteiger charge is 2.67. The number of ether oxygens (including phenoxy) is 3. The Morgan fingerprint density at radius 3 is 2.48 bits per heavy atom. The van der Waals surface area contributed by atoms with Gasteiger partial charge in [0.2, 0.25) is 6.29 Å². The van der Waals surface area contributed by atoms with Crippen molar-refractivity contribution in [3.8, 4) is 0 Å². The molecule has 3 fully saturated rings. The first kappa shape index (κ1) is 24.0. The van der Waals surface area contributed by atoms with Crippen molar-refractivity contribution in [1.82, 2.24) is 0 Å². The van der Waals surface area contributed by atoms with Crippen molar-refractivity contribution in [2.24, 2.45) is 5.41 Å². The van der Waals surface area contributed by atoms with E-state index in [-0.39, 0.29) is 25.2 Å². The number of aliphatic hydroxyl groups is 5. The van der Waals surface area contributed by atoms with Crippen molar-refractivity contribution in [3.63, 3.8) is 0 Å². The maximum atomic E-state index is 12.2. The molecule has 2 bridgehead atoms. The van der Waals surface area contributed by atoms with Crippen molar-refractivity contribution in [3.05, 3.63) is 23.8 Å². The molecule has 10 heteroatoms. The SMILES string of the molecule is CC(C=CC1(O)C2(C)COC1(C)CC(=O)C2)=CC(=O)OC1OC(CO)C(O)C(O)C1O. The van der Waals surface area contributed by atoms with Crippen LogP contribution in [0.4, 0.5) is 0 Å². The lowest BCUT2D eigenvalue weighted by atomic mass is 9.59. The first-order valence-corrected chi connectivity index (χ1v) is 10.1. The van der Waals surface area contributed by atoms with Crippen LogP contribution in [0.2, 0.25) is 0 Å². The van der Waals surface area contributed by atoms with E-state index in [0.717, 1.165) is 6.08 Å². The number of rotatable bonds is 5. The van der Waals surface area contributed by atoms with Crippen LogP contribution in [0, 0.1) is 5.41 Å². The molecule has 0 aromatic rings. The number of hydrogen-bond donors (Lipinski definition) is 5. The van der Waals surface area contributed by atoms with Gasteiger partial charge in [-0.1, -0.05) is 13.0 Å². The minimum atomic E-state index is -1.70. The third kappa shape index (κ3) is 4.09. The molecule has 5 N–H and O–H groups in total. The fourth-order valence-corrected chi connectivity index (χ4v) is 4.60. The lowest BCUT2D eigenvalue weighted by molar-refractivity contribution is -0.291. The summed E-state index contributed by atoms with van der Waals surface area (Å²) in [4.78, 5) is 24.3. The second kappa shape index (κ2) is 8.36. The van der Waals surface area contributed by atoms with Gasteiger partial charge in [0, 0.05) is 24.3 Å². The molecule has 0 spiro atoms. The molecule has 8 atom stereocenters. The lowest BCUT2D eigenvalue weighted by Gasteiger charge is -2.47. The molecule has 174 valence electrons. The third-order valence-electron chi connectivity index (χ3n) is 6.57. The smallest absolute Gasteiger partial charge is 0.333 e. The fraction of sp³-hybridized carbons (Fsp3) is 0.714. The number of hydrogen-bond acceptors (Lipinski definition) is 10. The third-order valence-corrected chi connectivity index (χ3v) is 6.57. The number of carbonyl (C=O) groups excluding carboxylic acids is 2. The van der Waals surface area contributed by atoms with Gasteiger partial charge in [-0.15, -0.1) is 0 Å². The maximum Gasteiger partial charge on any atom is 0.333 e. The Labute approximate surface area is 179 Å². The topological polar surface area (TPSA) is 163 Å². The number of ketones is 1. The van der Waals surface area contributed by atoms with Crippen molar-refractivity contribution in [2.45, 2.75) is 75.5 Å². The Morgan fingerprint density at radius 1 is 1.19 bits per heavy atom. The van der Waals surface area contributed by atoms with E-state index in [1.54, 1.807) is 20.8 Å². The van der Waals surface area contributed by atoms with E-state index >= 15 is 0 Å². The predicted octanol–water partition coefficient (Wildman–Crippen LogP) is -1.28. The average Bonchev–Trinajstić information content (AvgIpc) is 2.79. The summed E-state index contributed by atoms with van der Waals surface area (Å²) in [5.74, 6) is -0.870. The Bertz CT molecular complexity index is 767. The zero-order chi connectivity index (χ0) is 23.2. The lowest BCUT2D eigenvalue weighted by Crippen LogP contribution is -2.60. The monoisotopic (exact) mass is 442 g/mol. The minimum absolute atomic E-state index is 0.0240. The maximum absolute atomic E-state index is 12.2. The molecule has 0 radical (unpaired) electrons. The van der Waals surface area contributed by atoms with Crippen molar-refractivity contribution in [2.75, 3.05) is 13.2 Å². The molecular formula is C21H30O10. The average molecular weight is 442 g/mol. The molecule has 3 rings (SSSR count). The van der Waals surface area contributed by atoms with Gasteiger partial charge in [-0.25, -0.2) is 4.79 Å². The van der Waals surface area contributed by atoms with Gasteiger partial charge in [-0.05, 0) is 25.5 Å². The summed E-state index contributed by atoms with van der Waals surface area (Å²) in [6.07, 6.45) is -3.26. The number of allylic oxidation sites excluding steroid dienone is 2. The molecule has 3 aliphatic rings. The first-order chi connectivity index (χ1) is 14.4. The number of carbonyl (C=O) groups is 2. The minimum Gasteiger partial charge on any atom is -0.430 e. The predicted molar refractivity (Wildman–Crippen MR) is 104 cm³/mol. The van der Waals surface area contributed by atoms with Crippen LogP contribution < -0.4 is 0 Å². The van der Waals surface area contributed by atoms with Gasteiger partial charge in [0.25, 0.3) is 0 Å². The Balaban J connectivity index is 1.70. The highest BCUT2D eigenvalue weighted by Crippen LogP contribution is 2.56. The number of fused-ring (bicyclic) bond motifs is 2. The Kier molecular flexibility index (Phi) is 6.47. The molecule has 2 heterocycles. The summed E-state index contributed by atoms with van der Waals surface area (Å²) in [6.45, 7) is 4.66. The van der Waals surface area contributed by atoms with E-state index in [9.17, 15) is 35.1 Å². The van der Waals surface area contributed by atoms with Crippen LogP contribution in [-0.2, 0) is 23.8 Å². The van der Waals surface area contributed by atoms with Crippen molar-refractivity contribution < 1.29 is 49.3 Å². The molecule has 2 aliphatic heterocycles. The molecule has 31 heavy (non-hydrogen) atoms. The van der Waals surface area contributed by atoms with Gasteiger partial charge in [-0.3, -0.25) is 4.79 Å². The van der Waals surface area contributed by atoms with Crippen LogP contribution in [0.1, 0.15) is 33.6 Å². The molecule has 2 saturated heterocycles. The van der Waals surface area contributed by atoms with Crippen LogP contribution in [-0.4, -0.2) is 92.4 Å². The van der Waals surface area contributed by atoms with Gasteiger partial charge < -0.3 is 39.7 Å². The van der Waals surface area contributed by atoms with Crippen LogP contribution in [0.5, 0.6) is 0 Å². The molecule has 0 aromatic carbocycles. The van der Waals surface area contributed by atoms with E-state index in [2.05, 4.69) is 0 Å². The number of aliphatic hydroxyl groups excluding tert-OH is 4. The molecular weight excluding hydrogens is 412 g/mol. The van der Waals surface area contributed by atoms with Crippen LogP contribution in [0.3, 0.4) is 0 Å². The molecule has 8 unspecified atom stereocenters. The standard InChI is InChI=1S/C21H30O10/c1-11(4-5-21(28)19(2)7-12(23)8-20(21,3)29-10-19)6-14(24)31-18-17(27)16(26)15(25)13(9-22)30-18/h4-6,13,15-18,22,25-28H,7-10H2,1-3H3. The van der Waals surface area contributed by atoms with E-state index in [4.69, 9.17) is 14.2 Å². The molecule has 0 amide bonds. The van der Waals surface area contributed by atoms with Crippen LogP contribution >= 0.6 is 0 Å². The van der Waals surface area contributed by atoms with E-state index < -0.39 is 59.9 Å². The number of esters is 1. The Morgan fingerprint density at radius 2 is 1.87 bits per heavy atom. The van der Waals surface area contributed by atoms with Gasteiger partial charge in [0.1, 0.15) is 41.4 Å². The summed E-state index contributed by atoms with van der Waals surface area (Å²) >= 11 is 0. The van der Waals surface area contributed by atoms with Gasteiger partial charge >= 0.3 is 5.97 Å². The highest BCUT2D eigenvalue weighted by atomic mass is 16.7. The van der Waals surface area contributed by atoms with E-state index in [0.29, 0.717) is 5.57 Å². The first-order valence-electron chi connectivity index (χ1n) is 10.1. The van der Waals surface area contributed by atoms with Crippen LogP contribution in [0.25, 0.3) is 0 Å². The number of Topliss-reactive ketones (excluding diaryl/α,β-unsaturated/α-hetero) is 1. The van der Waals surface area contributed by atoms with Gasteiger partial charge in [0.15, 0.2) is 0 Å². The molecule has 10 nitrogen and oxygen atoms in total. The normalized spacial score (nSPS) is 45.9. The summed E-state index contributed by atoms with van der Waals surface area (Å²) in [7, 11) is 0. The largest absolute Gasteiger partial charge is 0.430 e. The van der Waals surface area contributed by atoms with Crippen molar-refractivity contribution >= 4 is 11.8 Å². The summed E-state index contributed by atoms with van der Waals surface area (Å²) in [5, 5.41) is 50.0. The highest BCUT2D eigenvalue weighted by molar-refractivity contribution is 5.84. The summed E-state index contributed by atoms with van der Waals surface area (Å²) < 4.78 is 15.9. The summed E-state index contributed by atoms with van der Waals surface area (Å²) in [6, 6.07) is 0. The zero-order valence-corrected chi connectivity index (χ0v) is 17.7. The fourth-order valence-electron chi connectivity index (χ4n) is 4.60. The second-order valence-corrected chi connectivity index (χ2v) is 9.09. The molecule has 1 saturated carbocycles. The van der Waals surface area contributed by atoms with Gasteiger partial charge in [0.05, 0.1) is 13.2 Å². The van der Waals surface area contributed by atoms with Gasteiger partial charge in [-0.2, -0.15) is 0 Å². The zero-order valence-electron chi connectivity index (χ0n) is 17.7. The molecule has 0 aromatic heterocycles. The quantitative estimate of drug-likeness (QED) is 0.197. The van der Waals surface area contributed by atoms with E-state index in [1.165, 1.54) is 12.2 Å². The molecule has 1 aliphatic carbocycles. The second-order valence-electron chi connectivity index (χ2n) is 9.09. The van der Waals surface area contributed by atoms with Crippen LogP contribution in [0.15, 0.2) is 23.8 Å². The van der Waals surface area contributed by atoms with E-state index in [1.807, 2.05) is 0 Å². The van der Waals surface area contributed by atoms with Crippen molar-refractivity contribution in [1.29, 1.82) is 0 Å². The summed E-state index contributed by atoms with van der Waals surface area (Å²) in [5.41, 5.74) is -2.86.